The number of fused-ring (bicyclic) bond motifs is 2. The first kappa shape index (κ1) is 23.0. The highest BCUT2D eigenvalue weighted by molar-refractivity contribution is 6.07. The molecule has 0 radical (unpaired) electrons. The average Bonchev–Trinajstić information content (AvgIpc) is 2.85. The molecule has 0 unspecified atom stereocenters. The van der Waals surface area contributed by atoms with Crippen LogP contribution in [0.4, 0.5) is 16.2 Å². The third-order valence-corrected chi connectivity index (χ3v) is 5.30. The van der Waals surface area contributed by atoms with Crippen molar-refractivity contribution in [1.82, 2.24) is 4.98 Å². The van der Waals surface area contributed by atoms with Gasteiger partial charge in [-0.3, -0.25) is 10.1 Å². The molecule has 0 saturated heterocycles. The molecule has 0 fully saturated rings. The molecule has 0 bridgehead atoms. The van der Waals surface area contributed by atoms with Crippen LogP contribution in [0, 0.1) is 0 Å². The summed E-state index contributed by atoms with van der Waals surface area (Å²) >= 11 is 0. The van der Waals surface area contributed by atoms with Gasteiger partial charge in [0.05, 0.1) is 23.3 Å². The number of ether oxygens (including phenoxy) is 2. The minimum Gasteiger partial charge on any atom is -0.460 e. The van der Waals surface area contributed by atoms with Gasteiger partial charge in [-0.1, -0.05) is 61.9 Å². The second kappa shape index (κ2) is 11.1. The van der Waals surface area contributed by atoms with Gasteiger partial charge >= 0.3 is 12.1 Å². The maximum absolute atomic E-state index is 12.5. The Morgan fingerprint density at radius 3 is 2.29 bits per heavy atom. The lowest BCUT2D eigenvalue weighted by atomic mass is 10.1. The zero-order chi connectivity index (χ0) is 23.8. The van der Waals surface area contributed by atoms with E-state index in [9.17, 15) is 9.59 Å². The molecule has 0 aliphatic rings. The summed E-state index contributed by atoms with van der Waals surface area (Å²) in [4.78, 5) is 29.0. The van der Waals surface area contributed by atoms with Gasteiger partial charge in [0.25, 0.3) is 0 Å². The number of carbonyl (C=O) groups excluding carboxylic acids is 2. The molecule has 1 amide bonds. The lowest BCUT2D eigenvalue weighted by molar-refractivity contribution is -0.142. The number of para-hydroxylation sites is 2. The van der Waals surface area contributed by atoms with E-state index in [1.54, 1.807) is 18.2 Å². The summed E-state index contributed by atoms with van der Waals surface area (Å²) in [6.07, 6.45) is 1.28. The minimum absolute atomic E-state index is 0.0136. The first-order valence-electron chi connectivity index (χ1n) is 11.3. The Kier molecular flexibility index (Phi) is 7.55. The van der Waals surface area contributed by atoms with Crippen molar-refractivity contribution in [2.75, 3.05) is 23.8 Å². The van der Waals surface area contributed by atoms with Crippen molar-refractivity contribution in [1.29, 1.82) is 0 Å². The normalized spacial score (nSPS) is 10.7. The monoisotopic (exact) mass is 457 g/mol. The molecule has 0 spiro atoms. The quantitative estimate of drug-likeness (QED) is 0.185. The van der Waals surface area contributed by atoms with E-state index in [-0.39, 0.29) is 19.1 Å². The summed E-state index contributed by atoms with van der Waals surface area (Å²) in [5.74, 6) is -0.387. The number of rotatable bonds is 9. The van der Waals surface area contributed by atoms with Gasteiger partial charge < -0.3 is 14.8 Å². The molecule has 34 heavy (non-hydrogen) atoms. The van der Waals surface area contributed by atoms with E-state index in [1.807, 2.05) is 61.5 Å². The van der Waals surface area contributed by atoms with E-state index < -0.39 is 6.09 Å². The molecule has 0 aliphatic heterocycles. The fourth-order valence-corrected chi connectivity index (χ4v) is 3.61. The maximum atomic E-state index is 12.5. The van der Waals surface area contributed by atoms with E-state index >= 15 is 0 Å². The lowest BCUT2D eigenvalue weighted by Crippen LogP contribution is -2.17. The van der Waals surface area contributed by atoms with Crippen molar-refractivity contribution < 1.29 is 19.1 Å². The largest absolute Gasteiger partial charge is 0.460 e. The summed E-state index contributed by atoms with van der Waals surface area (Å²) in [7, 11) is 0. The van der Waals surface area contributed by atoms with Crippen LogP contribution >= 0.6 is 0 Å². The van der Waals surface area contributed by atoms with Crippen LogP contribution in [0.3, 0.4) is 0 Å². The van der Waals surface area contributed by atoms with Crippen molar-refractivity contribution in [2.24, 2.45) is 0 Å². The Hall–Kier alpha value is -4.13. The number of unbranched alkanes of at least 4 members (excludes halogenated alkanes) is 1. The molecule has 0 atom stereocenters. The molecule has 0 saturated carbocycles. The van der Waals surface area contributed by atoms with Crippen molar-refractivity contribution >= 4 is 45.2 Å². The van der Waals surface area contributed by atoms with Gasteiger partial charge in [0.1, 0.15) is 13.2 Å². The van der Waals surface area contributed by atoms with Gasteiger partial charge in [-0.25, -0.2) is 9.78 Å². The van der Waals surface area contributed by atoms with Gasteiger partial charge in [0.15, 0.2) is 0 Å². The number of esters is 1. The van der Waals surface area contributed by atoms with Gasteiger partial charge in [-0.2, -0.15) is 0 Å². The number of hydrogen-bond donors (Lipinski definition) is 2. The fourth-order valence-electron chi connectivity index (χ4n) is 3.61. The molecule has 7 heteroatoms. The molecular weight excluding hydrogens is 430 g/mol. The van der Waals surface area contributed by atoms with Gasteiger partial charge in [0.2, 0.25) is 0 Å². The smallest absolute Gasteiger partial charge is 0.411 e. The number of anilines is 2. The zero-order valence-electron chi connectivity index (χ0n) is 19.0. The van der Waals surface area contributed by atoms with Crippen LogP contribution in [0.1, 0.15) is 25.3 Å². The maximum Gasteiger partial charge on any atom is 0.411 e. The summed E-state index contributed by atoms with van der Waals surface area (Å²) < 4.78 is 10.6. The average molecular weight is 458 g/mol. The van der Waals surface area contributed by atoms with Crippen molar-refractivity contribution in [3.05, 3.63) is 78.4 Å². The van der Waals surface area contributed by atoms with Crippen LogP contribution < -0.4 is 10.6 Å². The zero-order valence-corrected chi connectivity index (χ0v) is 19.0. The molecule has 1 heterocycles. The highest BCUT2D eigenvalue weighted by Crippen LogP contribution is 2.30. The van der Waals surface area contributed by atoms with Crippen molar-refractivity contribution in [2.45, 2.75) is 26.4 Å². The number of aromatic nitrogens is 1. The Balaban J connectivity index is 1.36. The summed E-state index contributed by atoms with van der Waals surface area (Å²) in [6.45, 7) is 2.52. The summed E-state index contributed by atoms with van der Waals surface area (Å²) in [6, 6.07) is 22.8. The van der Waals surface area contributed by atoms with Crippen molar-refractivity contribution in [3.63, 3.8) is 0 Å². The van der Waals surface area contributed by atoms with E-state index in [0.717, 1.165) is 45.9 Å². The highest BCUT2D eigenvalue weighted by Gasteiger charge is 2.11. The van der Waals surface area contributed by atoms with Crippen LogP contribution in [0.15, 0.2) is 72.8 Å². The molecule has 7 nitrogen and oxygen atoms in total. The predicted octanol–water partition coefficient (Wildman–Crippen LogP) is 5.89. The third-order valence-electron chi connectivity index (χ3n) is 5.30. The topological polar surface area (TPSA) is 89.5 Å². The molecule has 4 aromatic rings. The summed E-state index contributed by atoms with van der Waals surface area (Å²) in [5, 5.41) is 7.82. The fraction of sp³-hybridized carbons (Fsp3) is 0.222. The molecule has 0 aliphatic carbocycles. The molecule has 4 rings (SSSR count). The first-order chi connectivity index (χ1) is 16.6. The lowest BCUT2D eigenvalue weighted by Gasteiger charge is -2.13. The SMILES string of the molecule is CCCCOC(=O)Nc1cccc(COC(=O)CNc2c3ccccc3nc3ccccc23)c1. The van der Waals surface area contributed by atoms with E-state index in [2.05, 4.69) is 10.6 Å². The number of benzene rings is 3. The van der Waals surface area contributed by atoms with Crippen LogP contribution in [0.2, 0.25) is 0 Å². The van der Waals surface area contributed by atoms with Crippen LogP contribution in [0.25, 0.3) is 21.8 Å². The Morgan fingerprint density at radius 1 is 0.882 bits per heavy atom. The molecule has 3 aromatic carbocycles. The van der Waals surface area contributed by atoms with Gasteiger partial charge in [0, 0.05) is 16.5 Å². The number of amides is 1. The van der Waals surface area contributed by atoms with Crippen molar-refractivity contribution in [3.8, 4) is 0 Å². The third kappa shape index (κ3) is 5.81. The summed E-state index contributed by atoms with van der Waals surface area (Å²) in [5.41, 5.74) is 3.91. The van der Waals surface area contributed by atoms with E-state index in [4.69, 9.17) is 14.5 Å². The first-order valence-corrected chi connectivity index (χ1v) is 11.3. The van der Waals surface area contributed by atoms with Gasteiger partial charge in [-0.15, -0.1) is 0 Å². The second-order valence-corrected chi connectivity index (χ2v) is 7.85. The Labute approximate surface area is 198 Å². The minimum atomic E-state index is -0.497. The molecule has 174 valence electrons. The van der Waals surface area contributed by atoms with Crippen LogP contribution in [-0.2, 0) is 20.9 Å². The molecule has 1 aromatic heterocycles. The standard InChI is InChI=1S/C27H27N3O4/c1-2-3-15-33-27(32)29-20-10-8-9-19(16-20)18-34-25(31)17-28-26-21-11-4-6-13-23(21)30-24-14-7-5-12-22(24)26/h4-14,16H,2-3,15,17-18H2,1H3,(H,28,30)(H,29,32). The number of nitrogens with one attached hydrogen (secondary N) is 2. The van der Waals surface area contributed by atoms with Crippen LogP contribution in [-0.4, -0.2) is 30.2 Å². The van der Waals surface area contributed by atoms with E-state index in [1.165, 1.54) is 0 Å². The highest BCUT2D eigenvalue weighted by atomic mass is 16.5. The Morgan fingerprint density at radius 2 is 1.59 bits per heavy atom. The number of carbonyl (C=O) groups is 2. The number of hydrogen-bond acceptors (Lipinski definition) is 6. The predicted molar refractivity (Wildman–Crippen MR) is 134 cm³/mol. The number of nitrogens with zero attached hydrogens (tertiary/aromatic N) is 1. The molecular formula is C27H27N3O4. The second-order valence-electron chi connectivity index (χ2n) is 7.85. The number of pyridine rings is 1. The molecule has 2 N–H and O–H groups in total. The van der Waals surface area contributed by atoms with Crippen LogP contribution in [0.5, 0.6) is 0 Å². The van der Waals surface area contributed by atoms with E-state index in [0.29, 0.717) is 12.3 Å². The van der Waals surface area contributed by atoms with Gasteiger partial charge in [-0.05, 0) is 36.2 Å². The Bertz CT molecular complexity index is 1250.